The molecule has 1 fully saturated rings. The van der Waals surface area contributed by atoms with Gasteiger partial charge >= 0.3 is 0 Å². The topological polar surface area (TPSA) is 56.7 Å². The van der Waals surface area contributed by atoms with Crippen LogP contribution in [0.15, 0.2) is 35.3 Å². The zero-order valence-corrected chi connectivity index (χ0v) is 11.5. The molecule has 1 aromatic rings. The van der Waals surface area contributed by atoms with Gasteiger partial charge in [0, 0.05) is 26.1 Å². The quantitative estimate of drug-likeness (QED) is 0.535. The first-order valence-corrected chi connectivity index (χ1v) is 6.93. The van der Waals surface area contributed by atoms with Gasteiger partial charge in [-0.25, -0.2) is 0 Å². The predicted molar refractivity (Wildman–Crippen MR) is 78.4 cm³/mol. The zero-order chi connectivity index (χ0) is 13.5. The fourth-order valence-electron chi connectivity index (χ4n) is 2.02. The lowest BCUT2D eigenvalue weighted by molar-refractivity contribution is 0.265. The molecule has 2 rings (SSSR count). The van der Waals surface area contributed by atoms with Gasteiger partial charge in [0.1, 0.15) is 0 Å². The summed E-state index contributed by atoms with van der Waals surface area (Å²) in [6.07, 6.45) is 2.65. The number of nitrogens with zero attached hydrogens (tertiary/aromatic N) is 1. The Morgan fingerprint density at radius 2 is 2.05 bits per heavy atom. The minimum absolute atomic E-state index is 0.0978. The van der Waals surface area contributed by atoms with Crippen molar-refractivity contribution in [2.45, 2.75) is 18.8 Å². The Bertz CT molecular complexity index is 401. The molecule has 4 nitrogen and oxygen atoms in total. The number of benzene rings is 1. The summed E-state index contributed by atoms with van der Waals surface area (Å²) in [6.45, 7) is 1.82. The van der Waals surface area contributed by atoms with Crippen LogP contribution in [-0.2, 0) is 0 Å². The number of guanidine groups is 1. The lowest BCUT2D eigenvalue weighted by atomic mass is 10.0. The highest BCUT2D eigenvalue weighted by Gasteiger charge is 2.21. The van der Waals surface area contributed by atoms with E-state index in [9.17, 15) is 5.11 Å². The van der Waals surface area contributed by atoms with E-state index in [2.05, 4.69) is 15.6 Å². The highest BCUT2D eigenvalue weighted by atomic mass is 16.3. The summed E-state index contributed by atoms with van der Waals surface area (Å²) in [5.74, 6) is 1.74. The van der Waals surface area contributed by atoms with Crippen LogP contribution in [0.25, 0.3) is 0 Å². The normalized spacial score (nSPS) is 17.1. The van der Waals surface area contributed by atoms with Gasteiger partial charge in [-0.05, 0) is 24.3 Å². The second-order valence-corrected chi connectivity index (χ2v) is 5.07. The van der Waals surface area contributed by atoms with Crippen LogP contribution in [0.4, 0.5) is 0 Å². The second-order valence-electron chi connectivity index (χ2n) is 5.07. The van der Waals surface area contributed by atoms with Gasteiger partial charge < -0.3 is 15.7 Å². The molecule has 104 valence electrons. The lowest BCUT2D eigenvalue weighted by Gasteiger charge is -2.18. The molecule has 0 radical (unpaired) electrons. The molecule has 0 aliphatic heterocycles. The van der Waals surface area contributed by atoms with Crippen molar-refractivity contribution < 1.29 is 5.11 Å². The number of nitrogens with one attached hydrogen (secondary N) is 2. The maximum atomic E-state index is 9.49. The smallest absolute Gasteiger partial charge is 0.191 e. The molecule has 0 amide bonds. The molecule has 1 aromatic carbocycles. The minimum Gasteiger partial charge on any atom is -0.396 e. The minimum atomic E-state index is 0.0978. The van der Waals surface area contributed by atoms with Crippen molar-refractivity contribution in [3.63, 3.8) is 0 Å². The Labute approximate surface area is 114 Å². The van der Waals surface area contributed by atoms with Crippen LogP contribution in [-0.4, -0.2) is 37.8 Å². The summed E-state index contributed by atoms with van der Waals surface area (Å²) in [6, 6.07) is 10.1. The van der Waals surface area contributed by atoms with Crippen LogP contribution in [0.2, 0.25) is 0 Å². The molecule has 1 atom stereocenters. The van der Waals surface area contributed by atoms with Gasteiger partial charge in [0.2, 0.25) is 0 Å². The van der Waals surface area contributed by atoms with E-state index in [1.54, 1.807) is 7.05 Å². The molecule has 3 N–H and O–H groups in total. The lowest BCUT2D eigenvalue weighted by Crippen LogP contribution is -2.40. The number of rotatable bonds is 6. The molecule has 4 heteroatoms. The van der Waals surface area contributed by atoms with Gasteiger partial charge in [-0.3, -0.25) is 4.99 Å². The van der Waals surface area contributed by atoms with Crippen molar-refractivity contribution in [1.82, 2.24) is 10.6 Å². The maximum Gasteiger partial charge on any atom is 0.191 e. The maximum absolute atomic E-state index is 9.49. The third-order valence-electron chi connectivity index (χ3n) is 3.49. The predicted octanol–water partition coefficient (Wildman–Crippen LogP) is 1.34. The number of aliphatic imine (C=N–C) groups is 1. The monoisotopic (exact) mass is 261 g/mol. The number of hydrogen-bond acceptors (Lipinski definition) is 2. The number of aliphatic hydroxyl groups excluding tert-OH is 1. The number of hydrogen-bond donors (Lipinski definition) is 3. The molecular weight excluding hydrogens is 238 g/mol. The molecule has 1 aliphatic rings. The molecule has 0 heterocycles. The summed E-state index contributed by atoms with van der Waals surface area (Å²) >= 11 is 0. The Hall–Kier alpha value is -1.55. The Morgan fingerprint density at radius 1 is 1.32 bits per heavy atom. The first-order chi connectivity index (χ1) is 9.33. The fourth-order valence-corrected chi connectivity index (χ4v) is 2.02. The fraction of sp³-hybridized carbons (Fsp3) is 0.533. The third-order valence-corrected chi connectivity index (χ3v) is 3.49. The van der Waals surface area contributed by atoms with E-state index in [0.717, 1.165) is 24.0 Å². The van der Waals surface area contributed by atoms with Crippen LogP contribution in [0.3, 0.4) is 0 Å². The van der Waals surface area contributed by atoms with Crippen LogP contribution in [0.1, 0.15) is 24.3 Å². The van der Waals surface area contributed by atoms with Gasteiger partial charge in [0.25, 0.3) is 0 Å². The Balaban J connectivity index is 1.80. The first kappa shape index (κ1) is 13.9. The van der Waals surface area contributed by atoms with E-state index in [4.69, 9.17) is 0 Å². The highest BCUT2D eigenvalue weighted by molar-refractivity contribution is 5.79. The van der Waals surface area contributed by atoms with Gasteiger partial charge in [0.05, 0.1) is 6.61 Å². The van der Waals surface area contributed by atoms with Crippen molar-refractivity contribution in [2.24, 2.45) is 10.9 Å². The van der Waals surface area contributed by atoms with Crippen molar-refractivity contribution in [3.8, 4) is 0 Å². The standard InChI is InChI=1S/C15H23N3O/c1-16-15(17-9-12-7-8-12)18-10-14(11-19)13-5-3-2-4-6-13/h2-6,12,14,19H,7-11H2,1H3,(H2,16,17,18). The van der Waals surface area contributed by atoms with E-state index in [-0.39, 0.29) is 12.5 Å². The second kappa shape index (κ2) is 7.14. The molecular formula is C15H23N3O. The zero-order valence-electron chi connectivity index (χ0n) is 11.5. The van der Waals surface area contributed by atoms with E-state index in [1.165, 1.54) is 12.8 Å². The van der Waals surface area contributed by atoms with Crippen molar-refractivity contribution >= 4 is 5.96 Å². The molecule has 1 aliphatic carbocycles. The molecule has 0 bridgehead atoms. The number of aliphatic hydroxyl groups is 1. The van der Waals surface area contributed by atoms with Crippen LogP contribution < -0.4 is 10.6 Å². The molecule has 1 unspecified atom stereocenters. The van der Waals surface area contributed by atoms with Crippen molar-refractivity contribution in [1.29, 1.82) is 0 Å². The largest absolute Gasteiger partial charge is 0.396 e. The Kier molecular flexibility index (Phi) is 5.21. The summed E-state index contributed by atoms with van der Waals surface area (Å²) in [5, 5.41) is 16.1. The van der Waals surface area contributed by atoms with Gasteiger partial charge in [-0.1, -0.05) is 30.3 Å². The average molecular weight is 261 g/mol. The molecule has 0 saturated heterocycles. The van der Waals surface area contributed by atoms with E-state index in [1.807, 2.05) is 30.3 Å². The Morgan fingerprint density at radius 3 is 2.63 bits per heavy atom. The van der Waals surface area contributed by atoms with Crippen molar-refractivity contribution in [3.05, 3.63) is 35.9 Å². The van der Waals surface area contributed by atoms with Gasteiger partial charge in [-0.15, -0.1) is 0 Å². The van der Waals surface area contributed by atoms with E-state index < -0.39 is 0 Å². The first-order valence-electron chi connectivity index (χ1n) is 6.93. The average Bonchev–Trinajstić information content (AvgIpc) is 3.28. The van der Waals surface area contributed by atoms with Crippen LogP contribution >= 0.6 is 0 Å². The van der Waals surface area contributed by atoms with Gasteiger partial charge in [0.15, 0.2) is 5.96 Å². The van der Waals surface area contributed by atoms with Crippen LogP contribution in [0.5, 0.6) is 0 Å². The van der Waals surface area contributed by atoms with Crippen molar-refractivity contribution in [2.75, 3.05) is 26.7 Å². The molecule has 1 saturated carbocycles. The molecule has 0 aromatic heterocycles. The summed E-state index contributed by atoms with van der Waals surface area (Å²) in [5.41, 5.74) is 1.15. The van der Waals surface area contributed by atoms with E-state index >= 15 is 0 Å². The molecule has 0 spiro atoms. The summed E-state index contributed by atoms with van der Waals surface area (Å²) in [4.78, 5) is 4.20. The van der Waals surface area contributed by atoms with E-state index in [0.29, 0.717) is 6.54 Å². The van der Waals surface area contributed by atoms with Gasteiger partial charge in [-0.2, -0.15) is 0 Å². The highest BCUT2D eigenvalue weighted by Crippen LogP contribution is 2.27. The molecule has 19 heavy (non-hydrogen) atoms. The SMILES string of the molecule is CN=C(NCC1CC1)NCC(CO)c1ccccc1. The van der Waals surface area contributed by atoms with Crippen LogP contribution in [0, 0.1) is 5.92 Å². The summed E-state index contributed by atoms with van der Waals surface area (Å²) in [7, 11) is 1.78. The third kappa shape index (κ3) is 4.56. The summed E-state index contributed by atoms with van der Waals surface area (Å²) < 4.78 is 0.